The number of rotatable bonds is 7. The smallest absolute Gasteiger partial charge is 0.0212 e. The lowest BCUT2D eigenvalue weighted by atomic mass is 10.1. The zero-order valence-corrected chi connectivity index (χ0v) is 7.97. The highest BCUT2D eigenvalue weighted by molar-refractivity contribution is 4.84. The van der Waals surface area contributed by atoms with Crippen molar-refractivity contribution in [3.05, 3.63) is 0 Å². The first-order valence-corrected chi connectivity index (χ1v) is 4.72. The Labute approximate surface area is 75.9 Å². The molecule has 0 fully saturated rings. The highest BCUT2D eigenvalue weighted by Crippen LogP contribution is 1.98. The lowest BCUT2D eigenvalue weighted by Gasteiger charge is -2.15. The van der Waals surface area contributed by atoms with Crippen molar-refractivity contribution >= 4 is 0 Å². The number of nitrogens with two attached hydrogens (primary N) is 1. The molecular formula is C10H20N2. The molecule has 0 bridgehead atoms. The van der Waals surface area contributed by atoms with Gasteiger partial charge in [-0.3, -0.25) is 0 Å². The molecule has 0 aromatic rings. The fourth-order valence-corrected chi connectivity index (χ4v) is 1.10. The van der Waals surface area contributed by atoms with Crippen molar-refractivity contribution < 1.29 is 0 Å². The molecule has 0 radical (unpaired) electrons. The van der Waals surface area contributed by atoms with Crippen molar-refractivity contribution in [2.75, 3.05) is 13.1 Å². The summed E-state index contributed by atoms with van der Waals surface area (Å²) >= 11 is 0. The fourth-order valence-electron chi connectivity index (χ4n) is 1.10. The number of nitrogens with one attached hydrogen (secondary N) is 1. The molecule has 0 saturated heterocycles. The third-order valence-electron chi connectivity index (χ3n) is 1.89. The van der Waals surface area contributed by atoms with E-state index in [1.54, 1.807) is 0 Å². The molecule has 70 valence electrons. The van der Waals surface area contributed by atoms with Crippen molar-refractivity contribution in [1.29, 1.82) is 0 Å². The molecular weight excluding hydrogens is 148 g/mol. The van der Waals surface area contributed by atoms with Crippen LogP contribution < -0.4 is 11.1 Å². The summed E-state index contributed by atoms with van der Waals surface area (Å²) in [4.78, 5) is 0. The van der Waals surface area contributed by atoms with E-state index in [1.165, 1.54) is 12.8 Å². The van der Waals surface area contributed by atoms with Gasteiger partial charge in [0.2, 0.25) is 0 Å². The Balaban J connectivity index is 3.34. The minimum absolute atomic E-state index is 0.457. The minimum Gasteiger partial charge on any atom is -0.329 e. The maximum absolute atomic E-state index is 5.58. The van der Waals surface area contributed by atoms with Gasteiger partial charge < -0.3 is 11.1 Å². The normalized spacial score (nSPS) is 12.4. The van der Waals surface area contributed by atoms with E-state index >= 15 is 0 Å². The van der Waals surface area contributed by atoms with Crippen molar-refractivity contribution in [2.45, 2.75) is 38.6 Å². The van der Waals surface area contributed by atoms with E-state index in [2.05, 4.69) is 18.2 Å². The quantitative estimate of drug-likeness (QED) is 0.441. The molecule has 0 aliphatic carbocycles. The average Bonchev–Trinajstić information content (AvgIpc) is 2.11. The molecule has 0 saturated carbocycles. The van der Waals surface area contributed by atoms with Crippen LogP contribution in [0, 0.1) is 12.3 Å². The summed E-state index contributed by atoms with van der Waals surface area (Å²) in [7, 11) is 0. The molecule has 0 rings (SSSR count). The number of unbranched alkanes of at least 4 members (excludes halogenated alkanes) is 1. The van der Waals surface area contributed by atoms with Crippen LogP contribution in [0.4, 0.5) is 0 Å². The SMILES string of the molecule is C#CCCNC(CN)CCCC. The Morgan fingerprint density at radius 2 is 2.33 bits per heavy atom. The second kappa shape index (κ2) is 8.58. The van der Waals surface area contributed by atoms with Crippen LogP contribution in [-0.4, -0.2) is 19.1 Å². The molecule has 2 nitrogen and oxygen atoms in total. The summed E-state index contributed by atoms with van der Waals surface area (Å²) in [5.74, 6) is 2.60. The second-order valence-electron chi connectivity index (χ2n) is 2.98. The standard InChI is InChI=1S/C10H20N2/c1-3-5-7-10(9-11)12-8-6-4-2/h2,10,12H,3,5-9,11H2,1H3. The zero-order valence-electron chi connectivity index (χ0n) is 7.97. The molecule has 3 N–H and O–H groups in total. The van der Waals surface area contributed by atoms with Crippen molar-refractivity contribution in [3.63, 3.8) is 0 Å². The predicted molar refractivity (Wildman–Crippen MR) is 53.8 cm³/mol. The Morgan fingerprint density at radius 1 is 1.58 bits per heavy atom. The van der Waals surface area contributed by atoms with Gasteiger partial charge >= 0.3 is 0 Å². The number of hydrogen-bond acceptors (Lipinski definition) is 2. The topological polar surface area (TPSA) is 38.0 Å². The summed E-state index contributed by atoms with van der Waals surface area (Å²) in [5.41, 5.74) is 5.58. The number of terminal acetylenes is 1. The monoisotopic (exact) mass is 168 g/mol. The van der Waals surface area contributed by atoms with Crippen LogP contribution in [0.15, 0.2) is 0 Å². The van der Waals surface area contributed by atoms with Crippen LogP contribution in [0.5, 0.6) is 0 Å². The van der Waals surface area contributed by atoms with E-state index in [1.807, 2.05) is 0 Å². The van der Waals surface area contributed by atoms with Gasteiger partial charge in [-0.05, 0) is 6.42 Å². The maximum atomic E-state index is 5.58. The molecule has 0 aromatic carbocycles. The molecule has 1 atom stereocenters. The first-order valence-electron chi connectivity index (χ1n) is 4.72. The van der Waals surface area contributed by atoms with Gasteiger partial charge in [0.1, 0.15) is 0 Å². The van der Waals surface area contributed by atoms with Crippen molar-refractivity contribution in [3.8, 4) is 12.3 Å². The van der Waals surface area contributed by atoms with E-state index in [4.69, 9.17) is 12.2 Å². The molecule has 2 heteroatoms. The van der Waals surface area contributed by atoms with Crippen molar-refractivity contribution in [2.24, 2.45) is 5.73 Å². The van der Waals surface area contributed by atoms with Gasteiger partial charge in [0, 0.05) is 25.6 Å². The van der Waals surface area contributed by atoms with Gasteiger partial charge in [-0.15, -0.1) is 12.3 Å². The van der Waals surface area contributed by atoms with Crippen LogP contribution in [0.2, 0.25) is 0 Å². The molecule has 0 aliphatic rings. The molecule has 0 spiro atoms. The van der Waals surface area contributed by atoms with Gasteiger partial charge in [-0.2, -0.15) is 0 Å². The molecule has 0 aliphatic heterocycles. The molecule has 0 aromatic heterocycles. The zero-order chi connectivity index (χ0) is 9.23. The Kier molecular flexibility index (Phi) is 8.20. The van der Waals surface area contributed by atoms with E-state index in [0.29, 0.717) is 12.6 Å². The highest BCUT2D eigenvalue weighted by Gasteiger charge is 2.02. The van der Waals surface area contributed by atoms with Gasteiger partial charge in [-0.1, -0.05) is 19.8 Å². The Bertz CT molecular complexity index is 126. The molecule has 0 amide bonds. The Hall–Kier alpha value is -0.520. The Morgan fingerprint density at radius 3 is 2.83 bits per heavy atom. The summed E-state index contributed by atoms with van der Waals surface area (Å²) in [6.45, 7) is 3.79. The lowest BCUT2D eigenvalue weighted by Crippen LogP contribution is -2.36. The second-order valence-corrected chi connectivity index (χ2v) is 2.98. The maximum Gasteiger partial charge on any atom is 0.0212 e. The van der Waals surface area contributed by atoms with Gasteiger partial charge in [0.15, 0.2) is 0 Å². The van der Waals surface area contributed by atoms with Gasteiger partial charge in [0.25, 0.3) is 0 Å². The van der Waals surface area contributed by atoms with Crippen LogP contribution in [0.25, 0.3) is 0 Å². The predicted octanol–water partition coefficient (Wildman–Crippen LogP) is 1.12. The fraction of sp³-hybridized carbons (Fsp3) is 0.800. The highest BCUT2D eigenvalue weighted by atomic mass is 14.9. The summed E-state index contributed by atoms with van der Waals surface area (Å²) in [6, 6.07) is 0.457. The minimum atomic E-state index is 0.457. The van der Waals surface area contributed by atoms with E-state index in [-0.39, 0.29) is 0 Å². The van der Waals surface area contributed by atoms with E-state index in [9.17, 15) is 0 Å². The summed E-state index contributed by atoms with van der Waals surface area (Å²) in [6.07, 6.45) is 9.56. The third-order valence-corrected chi connectivity index (χ3v) is 1.89. The molecule has 0 heterocycles. The van der Waals surface area contributed by atoms with Crippen molar-refractivity contribution in [1.82, 2.24) is 5.32 Å². The number of hydrogen-bond donors (Lipinski definition) is 2. The first-order chi connectivity index (χ1) is 5.85. The van der Waals surface area contributed by atoms with Crippen LogP contribution in [0.3, 0.4) is 0 Å². The molecule has 1 unspecified atom stereocenters. The van der Waals surface area contributed by atoms with E-state index < -0.39 is 0 Å². The van der Waals surface area contributed by atoms with Gasteiger partial charge in [-0.25, -0.2) is 0 Å². The van der Waals surface area contributed by atoms with Crippen LogP contribution >= 0.6 is 0 Å². The largest absolute Gasteiger partial charge is 0.329 e. The lowest BCUT2D eigenvalue weighted by molar-refractivity contribution is 0.477. The summed E-state index contributed by atoms with van der Waals surface area (Å²) in [5, 5.41) is 3.34. The van der Waals surface area contributed by atoms with Crippen LogP contribution in [-0.2, 0) is 0 Å². The first kappa shape index (κ1) is 11.5. The van der Waals surface area contributed by atoms with Crippen LogP contribution in [0.1, 0.15) is 32.6 Å². The average molecular weight is 168 g/mol. The summed E-state index contributed by atoms with van der Waals surface area (Å²) < 4.78 is 0. The third kappa shape index (κ3) is 6.21. The van der Waals surface area contributed by atoms with Gasteiger partial charge in [0.05, 0.1) is 0 Å². The molecule has 12 heavy (non-hydrogen) atoms. The van der Waals surface area contributed by atoms with E-state index in [0.717, 1.165) is 19.4 Å².